The number of hydrogen-bond donors (Lipinski definition) is 0. The van der Waals surface area contributed by atoms with Crippen molar-refractivity contribution in [3.05, 3.63) is 203 Å². The predicted octanol–water partition coefficient (Wildman–Crippen LogP) is 13.9. The van der Waals surface area contributed by atoms with E-state index in [-0.39, 0.29) is 5.41 Å². The number of rotatable bonds is 9. The highest BCUT2D eigenvalue weighted by atomic mass is 14.4. The van der Waals surface area contributed by atoms with Gasteiger partial charge in [-0.1, -0.05) is 191 Å². The van der Waals surface area contributed by atoms with Crippen molar-refractivity contribution < 1.29 is 0 Å². The van der Waals surface area contributed by atoms with Crippen molar-refractivity contribution in [3.8, 4) is 33.4 Å². The Hall–Kier alpha value is -5.20. The van der Waals surface area contributed by atoms with E-state index in [1.807, 2.05) is 0 Å². The molecule has 0 saturated carbocycles. The molecule has 8 rings (SSSR count). The van der Waals surface area contributed by atoms with Crippen molar-refractivity contribution in [3.63, 3.8) is 0 Å². The normalized spacial score (nSPS) is 20.2. The molecule has 0 radical (unpaired) electrons. The molecule has 6 aromatic carbocycles. The minimum atomic E-state index is -0.0190. The third-order valence-electron chi connectivity index (χ3n) is 12.5. The second-order valence-corrected chi connectivity index (χ2v) is 15.5. The van der Waals surface area contributed by atoms with Gasteiger partial charge in [-0.15, -0.1) is 0 Å². The first kappa shape index (κ1) is 33.9. The fourth-order valence-corrected chi connectivity index (χ4v) is 9.36. The molecular formula is C52H50. The van der Waals surface area contributed by atoms with Crippen LogP contribution in [0.15, 0.2) is 170 Å². The molecule has 0 fully saturated rings. The third kappa shape index (κ3) is 6.41. The first-order valence-electron chi connectivity index (χ1n) is 19.3. The van der Waals surface area contributed by atoms with Crippen LogP contribution in [-0.4, -0.2) is 0 Å². The van der Waals surface area contributed by atoms with E-state index in [0.29, 0.717) is 23.7 Å². The van der Waals surface area contributed by atoms with Crippen LogP contribution < -0.4 is 0 Å². The summed E-state index contributed by atoms with van der Waals surface area (Å²) in [5.74, 6) is 1.68. The van der Waals surface area contributed by atoms with Crippen molar-refractivity contribution in [2.24, 2.45) is 11.3 Å². The Morgan fingerprint density at radius 1 is 0.635 bits per heavy atom. The molecule has 0 heteroatoms. The van der Waals surface area contributed by atoms with Gasteiger partial charge in [0.15, 0.2) is 0 Å². The van der Waals surface area contributed by atoms with Gasteiger partial charge < -0.3 is 0 Å². The summed E-state index contributed by atoms with van der Waals surface area (Å²) in [5, 5.41) is 0. The zero-order chi connectivity index (χ0) is 35.7. The van der Waals surface area contributed by atoms with Gasteiger partial charge >= 0.3 is 0 Å². The van der Waals surface area contributed by atoms with E-state index in [1.54, 1.807) is 0 Å². The maximum Gasteiger partial charge on any atom is 0.0115 e. The van der Waals surface area contributed by atoms with E-state index in [4.69, 9.17) is 0 Å². The molecular weight excluding hydrogens is 625 g/mol. The fraction of sp³-hybridized carbons (Fsp3) is 0.231. The van der Waals surface area contributed by atoms with Crippen molar-refractivity contribution in [2.75, 3.05) is 0 Å². The Kier molecular flexibility index (Phi) is 9.42. The lowest BCUT2D eigenvalue weighted by Gasteiger charge is -2.43. The van der Waals surface area contributed by atoms with Crippen LogP contribution in [0.5, 0.6) is 0 Å². The molecule has 2 aliphatic carbocycles. The van der Waals surface area contributed by atoms with Crippen LogP contribution in [0.25, 0.3) is 33.4 Å². The molecule has 0 aliphatic heterocycles. The molecule has 52 heavy (non-hydrogen) atoms. The summed E-state index contributed by atoms with van der Waals surface area (Å²) < 4.78 is 0. The van der Waals surface area contributed by atoms with Gasteiger partial charge in [-0.2, -0.15) is 0 Å². The van der Waals surface area contributed by atoms with E-state index < -0.39 is 0 Å². The number of fused-ring (bicyclic) bond motifs is 3. The van der Waals surface area contributed by atoms with Crippen LogP contribution in [-0.2, 0) is 12.8 Å². The number of allylic oxidation sites excluding steroid dienone is 4. The molecule has 5 unspecified atom stereocenters. The lowest BCUT2D eigenvalue weighted by molar-refractivity contribution is 0.216. The van der Waals surface area contributed by atoms with Crippen molar-refractivity contribution in [1.29, 1.82) is 0 Å². The highest BCUT2D eigenvalue weighted by Crippen LogP contribution is 2.51. The number of hydrogen-bond acceptors (Lipinski definition) is 0. The second kappa shape index (κ2) is 14.4. The average molecular weight is 675 g/mol. The van der Waals surface area contributed by atoms with Gasteiger partial charge in [0.05, 0.1) is 0 Å². The van der Waals surface area contributed by atoms with Crippen LogP contribution in [0.4, 0.5) is 0 Å². The summed E-state index contributed by atoms with van der Waals surface area (Å²) in [6.07, 6.45) is 12.7. The first-order valence-corrected chi connectivity index (χ1v) is 19.3. The number of aryl methyl sites for hydroxylation is 1. The standard InChI is InChI=1S/C52H50/c1-5-45(32-38-17-16-22-41(31-38)40-20-10-7-11-21-40)52(4)30-15-14-25-51(52)48-33-42(27-26-36(48)2)43-28-29-44-35-49(37(3)39-18-8-6-9-19-39)46-23-12-13-24-47(46)50(44)34-43/h6-31,33-34,37,45,49,51H,5,32,35H2,1-4H3. The average Bonchev–Trinajstić information content (AvgIpc) is 3.20. The molecule has 0 aromatic heterocycles. The van der Waals surface area contributed by atoms with Gasteiger partial charge in [-0.25, -0.2) is 0 Å². The molecule has 2 aliphatic rings. The molecule has 0 saturated heterocycles. The summed E-state index contributed by atoms with van der Waals surface area (Å²) in [5.41, 5.74) is 16.5. The predicted molar refractivity (Wildman–Crippen MR) is 222 cm³/mol. The SMILES string of the molecule is CCC(Cc1cccc(-c2ccccc2)c1)C1(C)C=CC=CC1c1cc(-c2ccc3c(c2)-c2ccccc2C(C(C)c2ccccc2)C3)ccc1C. The summed E-state index contributed by atoms with van der Waals surface area (Å²) in [7, 11) is 0. The van der Waals surface area contributed by atoms with Gasteiger partial charge in [-0.3, -0.25) is 0 Å². The molecule has 258 valence electrons. The fourth-order valence-electron chi connectivity index (χ4n) is 9.36. The molecule has 0 nitrogen and oxygen atoms in total. The quantitative estimate of drug-likeness (QED) is 0.143. The zero-order valence-corrected chi connectivity index (χ0v) is 31.1. The van der Waals surface area contributed by atoms with Gasteiger partial charge in [0.1, 0.15) is 0 Å². The molecule has 5 atom stereocenters. The maximum absolute atomic E-state index is 2.50. The largest absolute Gasteiger partial charge is 0.0774 e. The van der Waals surface area contributed by atoms with Crippen LogP contribution in [0, 0.1) is 18.3 Å². The van der Waals surface area contributed by atoms with E-state index in [0.717, 1.165) is 19.3 Å². The topological polar surface area (TPSA) is 0 Å². The summed E-state index contributed by atoms with van der Waals surface area (Å²) >= 11 is 0. The van der Waals surface area contributed by atoms with Crippen LogP contribution in [0.2, 0.25) is 0 Å². The second-order valence-electron chi connectivity index (χ2n) is 15.5. The Bertz CT molecular complexity index is 2240. The Labute approximate surface area is 311 Å². The Balaban J connectivity index is 1.11. The monoisotopic (exact) mass is 674 g/mol. The van der Waals surface area contributed by atoms with Crippen LogP contribution in [0.3, 0.4) is 0 Å². The van der Waals surface area contributed by atoms with Crippen molar-refractivity contribution in [1.82, 2.24) is 0 Å². The zero-order valence-electron chi connectivity index (χ0n) is 31.1. The van der Waals surface area contributed by atoms with Crippen molar-refractivity contribution >= 4 is 0 Å². The number of benzene rings is 6. The van der Waals surface area contributed by atoms with E-state index in [9.17, 15) is 0 Å². The highest BCUT2D eigenvalue weighted by Gasteiger charge is 2.40. The molecule has 0 heterocycles. The lowest BCUT2D eigenvalue weighted by atomic mass is 9.61. The van der Waals surface area contributed by atoms with E-state index >= 15 is 0 Å². The lowest BCUT2D eigenvalue weighted by Crippen LogP contribution is -2.34. The summed E-state index contributed by atoms with van der Waals surface area (Å²) in [4.78, 5) is 0. The molecule has 0 N–H and O–H groups in total. The molecule has 6 aromatic rings. The van der Waals surface area contributed by atoms with Gasteiger partial charge in [0, 0.05) is 5.92 Å². The van der Waals surface area contributed by atoms with Crippen molar-refractivity contribution in [2.45, 2.75) is 64.7 Å². The maximum atomic E-state index is 2.50. The van der Waals surface area contributed by atoms with Crippen LogP contribution in [0.1, 0.15) is 78.3 Å². The van der Waals surface area contributed by atoms with Crippen LogP contribution >= 0.6 is 0 Å². The van der Waals surface area contributed by atoms with Gasteiger partial charge in [0.25, 0.3) is 0 Å². The highest BCUT2D eigenvalue weighted by molar-refractivity contribution is 5.80. The Morgan fingerprint density at radius 2 is 1.33 bits per heavy atom. The smallest absolute Gasteiger partial charge is 0.0115 e. The first-order chi connectivity index (χ1) is 25.4. The minimum Gasteiger partial charge on any atom is -0.0774 e. The summed E-state index contributed by atoms with van der Waals surface area (Å²) in [6.45, 7) is 9.58. The van der Waals surface area contributed by atoms with Gasteiger partial charge in [0.2, 0.25) is 0 Å². The molecule has 0 bridgehead atoms. The molecule has 0 amide bonds. The Morgan fingerprint density at radius 3 is 2.13 bits per heavy atom. The van der Waals surface area contributed by atoms with Gasteiger partial charge in [-0.05, 0) is 116 Å². The summed E-state index contributed by atoms with van der Waals surface area (Å²) in [6, 6.07) is 54.6. The molecule has 0 spiro atoms. The minimum absolute atomic E-state index is 0.0190. The van der Waals surface area contributed by atoms with E-state index in [1.165, 1.54) is 66.8 Å². The third-order valence-corrected chi connectivity index (χ3v) is 12.5. The van der Waals surface area contributed by atoms with E-state index in [2.05, 4.69) is 198 Å².